The van der Waals surface area contributed by atoms with Gasteiger partial charge in [0.1, 0.15) is 0 Å². The minimum Gasteiger partial charge on any atom is -0.457 e. The van der Waals surface area contributed by atoms with E-state index >= 15 is 0 Å². The molecule has 0 bridgehead atoms. The largest absolute Gasteiger partial charge is 2.00 e. The van der Waals surface area contributed by atoms with Crippen molar-refractivity contribution in [2.24, 2.45) is 22.9 Å². The molecule has 2 fully saturated rings. The number of hydrogen-bond acceptors (Lipinski definition) is 4. The molecule has 0 heterocycles. The first-order chi connectivity index (χ1) is 7.61. The van der Waals surface area contributed by atoms with Crippen LogP contribution in [-0.4, -0.2) is 24.2 Å². The van der Waals surface area contributed by atoms with Gasteiger partial charge in [-0.15, -0.1) is 0 Å². The molecule has 14 N–H and O–H groups in total. The molecule has 6 nitrogen and oxygen atoms in total. The van der Waals surface area contributed by atoms with Gasteiger partial charge >= 0.3 is 16.5 Å². The fourth-order valence-corrected chi connectivity index (χ4v) is 2.38. The van der Waals surface area contributed by atoms with Crippen LogP contribution in [0.4, 0.5) is 0 Å². The van der Waals surface area contributed by atoms with Gasteiger partial charge in [-0.25, -0.2) is 0 Å². The van der Waals surface area contributed by atoms with Crippen molar-refractivity contribution in [1.29, 1.82) is 0 Å². The molecule has 0 aromatic carbocycles. The summed E-state index contributed by atoms with van der Waals surface area (Å²) >= 11 is 0. The fraction of sp³-hybridized carbons (Fsp3) is 1.00. The summed E-state index contributed by atoms with van der Waals surface area (Å²) in [6.45, 7) is 0. The molecule has 2 saturated carbocycles. The zero-order valence-electron chi connectivity index (χ0n) is 11.7. The summed E-state index contributed by atoms with van der Waals surface area (Å²) in [4.78, 5) is 0. The first kappa shape index (κ1) is 24.3. The van der Waals surface area contributed by atoms with Crippen LogP contribution >= 0.6 is 0 Å². The number of nitrogens with two attached hydrogens (primary N) is 4. The Labute approximate surface area is 126 Å². The molecule has 2 aliphatic rings. The van der Waals surface area contributed by atoms with Crippen molar-refractivity contribution < 1.29 is 27.4 Å². The van der Waals surface area contributed by atoms with Crippen LogP contribution in [0.15, 0.2) is 0 Å². The topological polar surface area (TPSA) is 170 Å². The Morgan fingerprint density at radius 2 is 0.632 bits per heavy atom. The van der Waals surface area contributed by atoms with Gasteiger partial charge in [-0.1, -0.05) is 25.7 Å². The monoisotopic (exact) mass is 324 g/mol. The van der Waals surface area contributed by atoms with Gasteiger partial charge in [0.2, 0.25) is 0 Å². The molecular weight excluding hydrogens is 291 g/mol. The summed E-state index contributed by atoms with van der Waals surface area (Å²) in [5.41, 5.74) is 22.6. The first-order valence-corrected chi connectivity index (χ1v) is 6.63. The predicted molar refractivity (Wildman–Crippen MR) is 78.6 cm³/mol. The van der Waals surface area contributed by atoms with Crippen molar-refractivity contribution in [3.63, 3.8) is 0 Å². The van der Waals surface area contributed by atoms with Crippen LogP contribution in [0.3, 0.4) is 0 Å². The Hall–Kier alpha value is 0.254. The van der Waals surface area contributed by atoms with E-state index in [0.717, 1.165) is 25.7 Å². The minimum absolute atomic E-state index is 0. The molecule has 19 heavy (non-hydrogen) atoms. The standard InChI is InChI=1S/2C6H14N2.Ni.2H2O/c2*7-5-3-1-2-4-6(5)8;;;/h2*5-6H,1-4,7-8H2;;2*1H2/q;;+2;;/p+2. The second-order valence-corrected chi connectivity index (χ2v) is 5.22. The average Bonchev–Trinajstić information content (AvgIpc) is 2.28. The van der Waals surface area contributed by atoms with Gasteiger partial charge in [-0.2, -0.15) is 0 Å². The third-order valence-corrected chi connectivity index (χ3v) is 3.75. The van der Waals surface area contributed by atoms with Gasteiger partial charge in [0, 0.05) is 24.2 Å². The van der Waals surface area contributed by atoms with Crippen LogP contribution in [0, 0.1) is 0 Å². The molecule has 0 aromatic rings. The Kier molecular flexibility index (Phi) is 16.9. The SMILES string of the molecule is NC1CCCCC1N.NC1CCCCC1N.[Ni+2].[OH3+].[OH3+]. The van der Waals surface area contributed by atoms with Gasteiger partial charge in [-0.3, -0.25) is 0 Å². The van der Waals surface area contributed by atoms with Gasteiger partial charge in [0.15, 0.2) is 0 Å². The molecular formula is C12H34N4NiO2+4. The van der Waals surface area contributed by atoms with Gasteiger partial charge in [0.25, 0.3) is 0 Å². The molecule has 120 valence electrons. The number of hydrogen-bond donors (Lipinski definition) is 4. The van der Waals surface area contributed by atoms with Crippen LogP contribution in [0.1, 0.15) is 51.4 Å². The van der Waals surface area contributed by atoms with E-state index in [1.54, 1.807) is 0 Å². The van der Waals surface area contributed by atoms with E-state index in [4.69, 9.17) is 22.9 Å². The van der Waals surface area contributed by atoms with Crippen LogP contribution < -0.4 is 22.9 Å². The second-order valence-electron chi connectivity index (χ2n) is 5.22. The van der Waals surface area contributed by atoms with Crippen molar-refractivity contribution in [3.8, 4) is 0 Å². The third kappa shape index (κ3) is 9.74. The maximum Gasteiger partial charge on any atom is 2.00 e. The van der Waals surface area contributed by atoms with E-state index in [1.807, 2.05) is 0 Å². The quantitative estimate of drug-likeness (QED) is 0.317. The van der Waals surface area contributed by atoms with Crippen molar-refractivity contribution in [2.45, 2.75) is 75.5 Å². The van der Waals surface area contributed by atoms with E-state index in [9.17, 15) is 0 Å². The van der Waals surface area contributed by atoms with Crippen LogP contribution in [-0.2, 0) is 27.4 Å². The maximum atomic E-state index is 5.65. The Bertz CT molecular complexity index is 161. The normalized spacial score (nSPS) is 33.5. The van der Waals surface area contributed by atoms with Crippen molar-refractivity contribution in [1.82, 2.24) is 0 Å². The zero-order valence-corrected chi connectivity index (χ0v) is 12.7. The van der Waals surface area contributed by atoms with E-state index in [0.29, 0.717) is 0 Å². The van der Waals surface area contributed by atoms with Crippen molar-refractivity contribution >= 4 is 0 Å². The maximum absolute atomic E-state index is 5.65. The van der Waals surface area contributed by atoms with E-state index in [1.165, 1.54) is 25.7 Å². The molecule has 2 rings (SSSR count). The summed E-state index contributed by atoms with van der Waals surface area (Å²) < 4.78 is 0. The first-order valence-electron chi connectivity index (χ1n) is 6.63. The summed E-state index contributed by atoms with van der Waals surface area (Å²) in [6, 6.07) is 1.12. The molecule has 2 aliphatic carbocycles. The molecule has 7 heteroatoms. The average molecular weight is 325 g/mol. The summed E-state index contributed by atoms with van der Waals surface area (Å²) in [5, 5.41) is 0. The van der Waals surface area contributed by atoms with Crippen LogP contribution in [0.5, 0.6) is 0 Å². The van der Waals surface area contributed by atoms with E-state index in [2.05, 4.69) is 0 Å². The summed E-state index contributed by atoms with van der Waals surface area (Å²) in [6.07, 6.45) is 9.60. The molecule has 0 radical (unpaired) electrons. The van der Waals surface area contributed by atoms with E-state index in [-0.39, 0.29) is 51.6 Å². The Balaban J connectivity index is -0.000000233. The molecule has 4 unspecified atom stereocenters. The van der Waals surface area contributed by atoms with Gasteiger partial charge in [0.05, 0.1) is 0 Å². The van der Waals surface area contributed by atoms with Gasteiger partial charge in [-0.05, 0) is 25.7 Å². The smallest absolute Gasteiger partial charge is 0.457 e. The minimum atomic E-state index is 0. The predicted octanol–water partition coefficient (Wildman–Crippen LogP) is -1.42. The molecule has 0 aliphatic heterocycles. The number of rotatable bonds is 0. The molecule has 0 spiro atoms. The van der Waals surface area contributed by atoms with Gasteiger partial charge < -0.3 is 33.9 Å². The van der Waals surface area contributed by atoms with Crippen LogP contribution in [0.25, 0.3) is 0 Å². The van der Waals surface area contributed by atoms with Crippen LogP contribution in [0.2, 0.25) is 0 Å². The van der Waals surface area contributed by atoms with Crippen molar-refractivity contribution in [3.05, 3.63) is 0 Å². The van der Waals surface area contributed by atoms with E-state index < -0.39 is 0 Å². The molecule has 4 atom stereocenters. The summed E-state index contributed by atoms with van der Waals surface area (Å²) in [5.74, 6) is 0. The Morgan fingerprint density at radius 1 is 0.474 bits per heavy atom. The Morgan fingerprint density at radius 3 is 0.737 bits per heavy atom. The summed E-state index contributed by atoms with van der Waals surface area (Å²) in [7, 11) is 0. The molecule has 0 amide bonds. The second kappa shape index (κ2) is 13.2. The molecule has 0 aromatic heterocycles. The molecule has 0 saturated heterocycles. The fourth-order valence-electron chi connectivity index (χ4n) is 2.38. The zero-order chi connectivity index (χ0) is 12.0. The van der Waals surface area contributed by atoms with Crippen molar-refractivity contribution in [2.75, 3.05) is 0 Å². The third-order valence-electron chi connectivity index (χ3n) is 3.75.